The highest BCUT2D eigenvalue weighted by atomic mass is 16.3. The Bertz CT molecular complexity index is 513. The van der Waals surface area contributed by atoms with E-state index < -0.39 is 29.9 Å². The number of rotatable bonds is 4. The fourth-order valence-corrected chi connectivity index (χ4v) is 3.23. The second-order valence-electron chi connectivity index (χ2n) is 5.47. The molecule has 2 aliphatic heterocycles. The highest BCUT2D eigenvalue weighted by Crippen LogP contribution is 2.39. The number of carbonyl (C=O) groups is 3. The van der Waals surface area contributed by atoms with Crippen LogP contribution >= 0.6 is 0 Å². The second-order valence-corrected chi connectivity index (χ2v) is 5.47. The van der Waals surface area contributed by atoms with Crippen LogP contribution in [0.2, 0.25) is 0 Å². The molecule has 0 aromatic heterocycles. The van der Waals surface area contributed by atoms with Gasteiger partial charge in [0, 0.05) is 13.1 Å². The van der Waals surface area contributed by atoms with E-state index in [1.54, 1.807) is 0 Å². The molecule has 2 saturated heterocycles. The summed E-state index contributed by atoms with van der Waals surface area (Å²) in [5.41, 5.74) is 4.21. The molecular formula is C14H19N3O4. The van der Waals surface area contributed by atoms with Gasteiger partial charge in [-0.25, -0.2) is 0 Å². The van der Waals surface area contributed by atoms with Crippen molar-refractivity contribution in [2.75, 3.05) is 26.2 Å². The van der Waals surface area contributed by atoms with Crippen molar-refractivity contribution in [2.24, 2.45) is 11.7 Å². The van der Waals surface area contributed by atoms with Crippen LogP contribution in [0.15, 0.2) is 0 Å². The Balaban J connectivity index is 2.22. The molecule has 2 fully saturated rings. The maximum Gasteiger partial charge on any atom is 0.249 e. The van der Waals surface area contributed by atoms with Crippen LogP contribution in [0, 0.1) is 18.3 Å². The van der Waals surface area contributed by atoms with Crippen molar-refractivity contribution < 1.29 is 19.5 Å². The molecule has 0 bridgehead atoms. The zero-order valence-corrected chi connectivity index (χ0v) is 11.7. The van der Waals surface area contributed by atoms with Gasteiger partial charge in [0.25, 0.3) is 0 Å². The van der Waals surface area contributed by atoms with Crippen molar-refractivity contribution >= 4 is 17.7 Å². The Hall–Kier alpha value is -2.07. The third kappa shape index (κ3) is 2.47. The van der Waals surface area contributed by atoms with Crippen molar-refractivity contribution in [1.82, 2.24) is 9.80 Å². The van der Waals surface area contributed by atoms with Gasteiger partial charge >= 0.3 is 0 Å². The van der Waals surface area contributed by atoms with E-state index in [2.05, 4.69) is 5.92 Å². The Morgan fingerprint density at radius 1 is 1.43 bits per heavy atom. The van der Waals surface area contributed by atoms with Crippen LogP contribution in [0.5, 0.6) is 0 Å². The van der Waals surface area contributed by atoms with E-state index in [1.807, 2.05) is 0 Å². The number of amides is 3. The Morgan fingerprint density at radius 2 is 2.14 bits per heavy atom. The topological polar surface area (TPSA) is 104 Å². The molecule has 2 atom stereocenters. The number of hydrogen-bond acceptors (Lipinski definition) is 4. The summed E-state index contributed by atoms with van der Waals surface area (Å²) < 4.78 is 0. The maximum atomic E-state index is 12.6. The number of aliphatic hydroxyl groups is 1. The van der Waals surface area contributed by atoms with E-state index in [4.69, 9.17) is 12.2 Å². The second kappa shape index (κ2) is 5.74. The Labute approximate surface area is 123 Å². The predicted molar refractivity (Wildman–Crippen MR) is 73.5 cm³/mol. The number of nitrogens with two attached hydrogens (primary N) is 1. The molecule has 0 radical (unpaired) electrons. The number of terminal acetylenes is 1. The molecule has 1 spiro atoms. The number of hydrogen-bond donors (Lipinski definition) is 2. The monoisotopic (exact) mass is 293 g/mol. The summed E-state index contributed by atoms with van der Waals surface area (Å²) in [6, 6.07) is 0. The molecule has 0 aromatic rings. The SMILES string of the molecule is C#CC(CO)C(=O)N1CCCC12CCN(CC(N)=O)C2=O. The lowest BCUT2D eigenvalue weighted by Gasteiger charge is -2.34. The van der Waals surface area contributed by atoms with Gasteiger partial charge in [0.2, 0.25) is 17.7 Å². The van der Waals surface area contributed by atoms with Crippen molar-refractivity contribution in [1.29, 1.82) is 0 Å². The van der Waals surface area contributed by atoms with Crippen molar-refractivity contribution in [3.8, 4) is 12.3 Å². The van der Waals surface area contributed by atoms with Gasteiger partial charge in [0.1, 0.15) is 11.5 Å². The summed E-state index contributed by atoms with van der Waals surface area (Å²) in [5, 5.41) is 9.18. The highest BCUT2D eigenvalue weighted by molar-refractivity contribution is 5.96. The van der Waals surface area contributed by atoms with Crippen molar-refractivity contribution in [3.05, 3.63) is 0 Å². The molecule has 2 aliphatic rings. The normalized spacial score (nSPS) is 26.2. The number of primary amides is 1. The summed E-state index contributed by atoms with van der Waals surface area (Å²) in [4.78, 5) is 38.9. The fraction of sp³-hybridized carbons (Fsp3) is 0.643. The first-order chi connectivity index (χ1) is 9.96. The molecule has 114 valence electrons. The van der Waals surface area contributed by atoms with E-state index in [-0.39, 0.29) is 12.5 Å². The average molecular weight is 293 g/mol. The summed E-state index contributed by atoms with van der Waals surface area (Å²) in [5.74, 6) is 0.0988. The molecular weight excluding hydrogens is 274 g/mol. The summed E-state index contributed by atoms with van der Waals surface area (Å²) in [7, 11) is 0. The first-order valence-electron chi connectivity index (χ1n) is 6.92. The van der Waals surface area contributed by atoms with E-state index in [0.29, 0.717) is 32.4 Å². The lowest BCUT2D eigenvalue weighted by Crippen LogP contribution is -2.55. The molecule has 0 aliphatic carbocycles. The standard InChI is InChI=1S/C14H19N3O4/c1-2-10(9-18)12(20)17-6-3-4-14(17)5-7-16(13(14)21)8-11(15)19/h1,10,18H,3-9H2,(H2,15,19). The molecule has 7 heteroatoms. The third-order valence-corrected chi connectivity index (χ3v) is 4.26. The molecule has 2 unspecified atom stereocenters. The molecule has 7 nitrogen and oxygen atoms in total. The van der Waals surface area contributed by atoms with Gasteiger partial charge in [-0.2, -0.15) is 0 Å². The van der Waals surface area contributed by atoms with Gasteiger partial charge in [0.05, 0.1) is 13.2 Å². The summed E-state index contributed by atoms with van der Waals surface area (Å²) in [6.07, 6.45) is 6.97. The summed E-state index contributed by atoms with van der Waals surface area (Å²) in [6.45, 7) is 0.251. The van der Waals surface area contributed by atoms with E-state index in [9.17, 15) is 19.5 Å². The molecule has 3 N–H and O–H groups in total. The fourth-order valence-electron chi connectivity index (χ4n) is 3.23. The van der Waals surface area contributed by atoms with Crippen LogP contribution < -0.4 is 5.73 Å². The van der Waals surface area contributed by atoms with Crippen LogP contribution in [-0.2, 0) is 14.4 Å². The van der Waals surface area contributed by atoms with E-state index >= 15 is 0 Å². The zero-order valence-electron chi connectivity index (χ0n) is 11.7. The third-order valence-electron chi connectivity index (χ3n) is 4.26. The zero-order chi connectivity index (χ0) is 15.6. The minimum atomic E-state index is -0.932. The lowest BCUT2D eigenvalue weighted by atomic mass is 9.93. The minimum absolute atomic E-state index is 0.138. The van der Waals surface area contributed by atoms with Gasteiger partial charge in [0.15, 0.2) is 0 Å². The molecule has 0 aromatic carbocycles. The highest BCUT2D eigenvalue weighted by Gasteiger charge is 2.55. The molecule has 21 heavy (non-hydrogen) atoms. The number of likely N-dealkylation sites (tertiary alicyclic amines) is 2. The first kappa shape index (κ1) is 15.3. The van der Waals surface area contributed by atoms with Crippen molar-refractivity contribution in [3.63, 3.8) is 0 Å². The van der Waals surface area contributed by atoms with Crippen LogP contribution in [0.1, 0.15) is 19.3 Å². The van der Waals surface area contributed by atoms with Gasteiger partial charge in [-0.1, -0.05) is 5.92 Å². The van der Waals surface area contributed by atoms with Gasteiger partial charge < -0.3 is 20.6 Å². The van der Waals surface area contributed by atoms with E-state index in [1.165, 1.54) is 9.80 Å². The molecule has 2 heterocycles. The average Bonchev–Trinajstić information content (AvgIpc) is 3.00. The number of carbonyl (C=O) groups excluding carboxylic acids is 3. The van der Waals surface area contributed by atoms with Gasteiger partial charge in [-0.3, -0.25) is 14.4 Å². The molecule has 0 saturated carbocycles. The largest absolute Gasteiger partial charge is 0.395 e. The van der Waals surface area contributed by atoms with Crippen molar-refractivity contribution in [2.45, 2.75) is 24.8 Å². The van der Waals surface area contributed by atoms with Gasteiger partial charge in [-0.05, 0) is 19.3 Å². The minimum Gasteiger partial charge on any atom is -0.395 e. The van der Waals surface area contributed by atoms with Crippen LogP contribution in [0.25, 0.3) is 0 Å². The van der Waals surface area contributed by atoms with E-state index in [0.717, 1.165) is 0 Å². The molecule has 3 amide bonds. The van der Waals surface area contributed by atoms with Crippen LogP contribution in [0.3, 0.4) is 0 Å². The number of nitrogens with zero attached hydrogens (tertiary/aromatic N) is 2. The smallest absolute Gasteiger partial charge is 0.249 e. The lowest BCUT2D eigenvalue weighted by molar-refractivity contribution is -0.149. The first-order valence-corrected chi connectivity index (χ1v) is 6.92. The predicted octanol–water partition coefficient (Wildman–Crippen LogP) is -1.69. The molecule has 2 rings (SSSR count). The number of aliphatic hydroxyl groups excluding tert-OH is 1. The van der Waals surface area contributed by atoms with Crippen LogP contribution in [-0.4, -0.2) is 64.4 Å². The van der Waals surface area contributed by atoms with Gasteiger partial charge in [-0.15, -0.1) is 6.42 Å². The van der Waals surface area contributed by atoms with Crippen LogP contribution in [0.4, 0.5) is 0 Å². The maximum absolute atomic E-state index is 12.6. The quantitative estimate of drug-likeness (QED) is 0.603. The Morgan fingerprint density at radius 3 is 2.71 bits per heavy atom. The Kier molecular flexibility index (Phi) is 4.19. The summed E-state index contributed by atoms with van der Waals surface area (Å²) >= 11 is 0.